The number of hydrogen-bond acceptors (Lipinski definition) is 6. The Labute approximate surface area is 172 Å². The number of aromatic nitrogens is 4. The second kappa shape index (κ2) is 8.74. The highest BCUT2D eigenvalue weighted by Crippen LogP contribution is 2.24. The molecule has 0 aliphatic carbocycles. The summed E-state index contributed by atoms with van der Waals surface area (Å²) in [5, 5.41) is 12.2. The molecular weight excluding hydrogens is 386 g/mol. The van der Waals surface area contributed by atoms with Crippen LogP contribution in [0.3, 0.4) is 0 Å². The largest absolute Gasteiger partial charge is 0.467 e. The molecule has 146 valence electrons. The van der Waals surface area contributed by atoms with Gasteiger partial charge in [0.2, 0.25) is 5.91 Å². The molecule has 29 heavy (non-hydrogen) atoms. The molecule has 1 amide bonds. The van der Waals surface area contributed by atoms with E-state index in [1.165, 1.54) is 11.8 Å². The van der Waals surface area contributed by atoms with E-state index in [1.807, 2.05) is 66.2 Å². The van der Waals surface area contributed by atoms with Crippen LogP contribution in [0.25, 0.3) is 11.4 Å². The highest BCUT2D eigenvalue weighted by atomic mass is 32.2. The zero-order valence-electron chi connectivity index (χ0n) is 15.7. The predicted molar refractivity (Wildman–Crippen MR) is 110 cm³/mol. The first-order valence-corrected chi connectivity index (χ1v) is 10.0. The zero-order chi connectivity index (χ0) is 20.1. The molecule has 0 radical (unpaired) electrons. The van der Waals surface area contributed by atoms with E-state index in [9.17, 15) is 4.79 Å². The number of carbonyl (C=O) groups excluding carboxylic acids is 1. The van der Waals surface area contributed by atoms with Crippen molar-refractivity contribution in [2.24, 2.45) is 7.05 Å². The molecule has 7 nitrogen and oxygen atoms in total. The SMILES string of the molecule is Cn1c(SCC(=O)N[C@H](c2ccccc2)c2ccco2)nnc1-c1ccncc1. The molecule has 0 aliphatic heterocycles. The van der Waals surface area contributed by atoms with Crippen molar-refractivity contribution in [3.8, 4) is 11.4 Å². The molecular formula is C21H19N5O2S. The number of nitrogens with zero attached hydrogens (tertiary/aromatic N) is 4. The maximum absolute atomic E-state index is 12.6. The molecule has 0 aliphatic rings. The summed E-state index contributed by atoms with van der Waals surface area (Å²) >= 11 is 1.34. The average molecular weight is 405 g/mol. The number of benzene rings is 1. The van der Waals surface area contributed by atoms with Gasteiger partial charge in [-0.3, -0.25) is 9.78 Å². The lowest BCUT2D eigenvalue weighted by Gasteiger charge is -2.17. The molecule has 8 heteroatoms. The molecule has 1 atom stereocenters. The Morgan fingerprint density at radius 1 is 1.10 bits per heavy atom. The lowest BCUT2D eigenvalue weighted by Crippen LogP contribution is -2.30. The van der Waals surface area contributed by atoms with Crippen LogP contribution in [0.1, 0.15) is 17.4 Å². The van der Waals surface area contributed by atoms with Crippen molar-refractivity contribution in [1.29, 1.82) is 0 Å². The maximum Gasteiger partial charge on any atom is 0.231 e. The van der Waals surface area contributed by atoms with E-state index in [-0.39, 0.29) is 17.7 Å². The molecule has 0 unspecified atom stereocenters. The summed E-state index contributed by atoms with van der Waals surface area (Å²) in [5.74, 6) is 1.52. The first-order valence-electron chi connectivity index (χ1n) is 9.02. The lowest BCUT2D eigenvalue weighted by atomic mass is 10.0. The summed E-state index contributed by atoms with van der Waals surface area (Å²) in [6, 6.07) is 16.8. The first kappa shape index (κ1) is 18.9. The Morgan fingerprint density at radius 2 is 1.90 bits per heavy atom. The topological polar surface area (TPSA) is 85.8 Å². The van der Waals surface area contributed by atoms with E-state index >= 15 is 0 Å². The number of nitrogens with one attached hydrogen (secondary N) is 1. The molecule has 0 fully saturated rings. The van der Waals surface area contributed by atoms with Gasteiger partial charge in [0.1, 0.15) is 11.8 Å². The minimum Gasteiger partial charge on any atom is -0.467 e. The van der Waals surface area contributed by atoms with Crippen LogP contribution in [0.5, 0.6) is 0 Å². The van der Waals surface area contributed by atoms with E-state index in [2.05, 4.69) is 20.5 Å². The van der Waals surface area contributed by atoms with Gasteiger partial charge in [-0.1, -0.05) is 42.1 Å². The second-order valence-corrected chi connectivity index (χ2v) is 7.26. The minimum atomic E-state index is -0.342. The second-order valence-electron chi connectivity index (χ2n) is 6.32. The average Bonchev–Trinajstić information content (AvgIpc) is 3.42. The highest BCUT2D eigenvalue weighted by Gasteiger charge is 2.20. The number of pyridine rings is 1. The van der Waals surface area contributed by atoms with Crippen LogP contribution in [0.2, 0.25) is 0 Å². The minimum absolute atomic E-state index is 0.117. The number of amides is 1. The molecule has 1 aromatic carbocycles. The van der Waals surface area contributed by atoms with Crippen molar-refractivity contribution in [2.75, 3.05) is 5.75 Å². The summed E-state index contributed by atoms with van der Waals surface area (Å²) in [4.78, 5) is 16.7. The summed E-state index contributed by atoms with van der Waals surface area (Å²) in [6.07, 6.45) is 5.03. The van der Waals surface area contributed by atoms with Crippen molar-refractivity contribution in [1.82, 2.24) is 25.1 Å². The lowest BCUT2D eigenvalue weighted by molar-refractivity contribution is -0.119. The number of thioether (sulfide) groups is 1. The summed E-state index contributed by atoms with van der Waals surface area (Å²) < 4.78 is 7.40. The van der Waals surface area contributed by atoms with Gasteiger partial charge in [-0.15, -0.1) is 10.2 Å². The van der Waals surface area contributed by atoms with Crippen molar-refractivity contribution in [3.05, 3.63) is 84.6 Å². The Morgan fingerprint density at radius 3 is 2.62 bits per heavy atom. The fourth-order valence-corrected chi connectivity index (χ4v) is 3.67. The highest BCUT2D eigenvalue weighted by molar-refractivity contribution is 7.99. The van der Waals surface area contributed by atoms with Crippen LogP contribution >= 0.6 is 11.8 Å². The number of hydrogen-bond donors (Lipinski definition) is 1. The van der Waals surface area contributed by atoms with Crippen LogP contribution in [-0.4, -0.2) is 31.4 Å². The van der Waals surface area contributed by atoms with Crippen molar-refractivity contribution < 1.29 is 9.21 Å². The monoisotopic (exact) mass is 405 g/mol. The zero-order valence-corrected chi connectivity index (χ0v) is 16.5. The van der Waals surface area contributed by atoms with Gasteiger partial charge in [0, 0.05) is 25.0 Å². The molecule has 1 N–H and O–H groups in total. The van der Waals surface area contributed by atoms with Crippen molar-refractivity contribution in [2.45, 2.75) is 11.2 Å². The van der Waals surface area contributed by atoms with E-state index in [4.69, 9.17) is 4.42 Å². The molecule has 4 aromatic rings. The quantitative estimate of drug-likeness (QED) is 0.474. The van der Waals surface area contributed by atoms with Crippen molar-refractivity contribution in [3.63, 3.8) is 0 Å². The third kappa shape index (κ3) is 4.38. The van der Waals surface area contributed by atoms with Gasteiger partial charge in [0.05, 0.1) is 12.0 Å². The van der Waals surface area contributed by atoms with Gasteiger partial charge in [0.25, 0.3) is 0 Å². The van der Waals surface area contributed by atoms with Crippen LogP contribution in [0.4, 0.5) is 0 Å². The Balaban J connectivity index is 1.44. The smallest absolute Gasteiger partial charge is 0.231 e. The Bertz CT molecular complexity index is 1070. The van der Waals surface area contributed by atoms with E-state index < -0.39 is 0 Å². The third-order valence-electron chi connectivity index (χ3n) is 4.37. The fraction of sp³-hybridized carbons (Fsp3) is 0.143. The molecule has 0 saturated carbocycles. The van der Waals surface area contributed by atoms with E-state index in [0.717, 1.165) is 17.0 Å². The summed E-state index contributed by atoms with van der Waals surface area (Å²) in [6.45, 7) is 0. The van der Waals surface area contributed by atoms with Gasteiger partial charge in [0.15, 0.2) is 11.0 Å². The molecule has 4 rings (SSSR count). The normalized spacial score (nSPS) is 11.9. The van der Waals surface area contributed by atoms with Crippen LogP contribution in [0, 0.1) is 0 Å². The van der Waals surface area contributed by atoms with Gasteiger partial charge < -0.3 is 14.3 Å². The van der Waals surface area contributed by atoms with Crippen molar-refractivity contribution >= 4 is 17.7 Å². The van der Waals surface area contributed by atoms with Crippen LogP contribution in [-0.2, 0) is 11.8 Å². The van der Waals surface area contributed by atoms with Gasteiger partial charge in [-0.2, -0.15) is 0 Å². The molecule has 0 saturated heterocycles. The maximum atomic E-state index is 12.6. The Kier molecular flexibility index (Phi) is 5.71. The van der Waals surface area contributed by atoms with E-state index in [1.54, 1.807) is 18.7 Å². The Hall–Kier alpha value is -3.39. The summed E-state index contributed by atoms with van der Waals surface area (Å²) in [5.41, 5.74) is 1.88. The number of carbonyl (C=O) groups is 1. The van der Waals surface area contributed by atoms with Gasteiger partial charge in [-0.05, 0) is 29.8 Å². The molecule has 0 bridgehead atoms. The predicted octanol–water partition coefficient (Wildman–Crippen LogP) is 3.47. The van der Waals surface area contributed by atoms with E-state index in [0.29, 0.717) is 10.9 Å². The molecule has 0 spiro atoms. The fourth-order valence-electron chi connectivity index (χ4n) is 2.95. The van der Waals surface area contributed by atoms with Gasteiger partial charge in [-0.25, -0.2) is 0 Å². The first-order chi connectivity index (χ1) is 14.2. The van der Waals surface area contributed by atoms with Crippen LogP contribution < -0.4 is 5.32 Å². The molecule has 3 aromatic heterocycles. The van der Waals surface area contributed by atoms with Crippen LogP contribution in [0.15, 0.2) is 82.8 Å². The van der Waals surface area contributed by atoms with Gasteiger partial charge >= 0.3 is 0 Å². The molecule has 3 heterocycles. The number of rotatable bonds is 7. The summed E-state index contributed by atoms with van der Waals surface area (Å²) in [7, 11) is 1.88. The standard InChI is InChI=1S/C21H19N5O2S/c1-26-20(16-9-11-22-12-10-16)24-25-21(26)29-14-18(27)23-19(17-8-5-13-28-17)15-6-3-2-4-7-15/h2-13,19H,14H2,1H3,(H,23,27)/t19-/m1/s1. The third-order valence-corrected chi connectivity index (χ3v) is 5.39. The number of furan rings is 1.